The first-order chi connectivity index (χ1) is 9.13. The van der Waals surface area contributed by atoms with Crippen molar-refractivity contribution in [2.45, 2.75) is 13.5 Å². The maximum Gasteiger partial charge on any atom is 0.221 e. The summed E-state index contributed by atoms with van der Waals surface area (Å²) in [7, 11) is 1.59. The van der Waals surface area contributed by atoms with Gasteiger partial charge in [-0.05, 0) is 18.2 Å². The molecule has 0 spiro atoms. The van der Waals surface area contributed by atoms with Crippen molar-refractivity contribution < 1.29 is 9.53 Å². The van der Waals surface area contributed by atoms with Crippen LogP contribution in [0.25, 0.3) is 10.6 Å². The summed E-state index contributed by atoms with van der Waals surface area (Å²) >= 11 is 1.40. The second-order valence-corrected chi connectivity index (χ2v) is 4.86. The van der Waals surface area contributed by atoms with Gasteiger partial charge in [0.1, 0.15) is 10.8 Å². The Labute approximate surface area is 114 Å². The Kier molecular flexibility index (Phi) is 4.08. The van der Waals surface area contributed by atoms with E-state index in [9.17, 15) is 4.79 Å². The van der Waals surface area contributed by atoms with Crippen LogP contribution in [-0.2, 0) is 11.3 Å². The fourth-order valence-electron chi connectivity index (χ4n) is 1.60. The number of hydrogen-bond acceptors (Lipinski definition) is 6. The van der Waals surface area contributed by atoms with Crippen LogP contribution in [0.1, 0.15) is 11.9 Å². The molecule has 1 amide bonds. The van der Waals surface area contributed by atoms with Gasteiger partial charge in [-0.3, -0.25) is 4.79 Å². The van der Waals surface area contributed by atoms with Gasteiger partial charge in [0.25, 0.3) is 0 Å². The van der Waals surface area contributed by atoms with Crippen LogP contribution in [0.5, 0.6) is 5.75 Å². The molecule has 1 aromatic heterocycles. The summed E-state index contributed by atoms with van der Waals surface area (Å²) in [6.45, 7) is 1.81. The molecule has 0 saturated carbocycles. The number of nitrogens with one attached hydrogen (secondary N) is 1. The number of benzene rings is 1. The van der Waals surface area contributed by atoms with Crippen molar-refractivity contribution in [2.24, 2.45) is 5.73 Å². The van der Waals surface area contributed by atoms with Crippen molar-refractivity contribution in [1.82, 2.24) is 10.2 Å². The second kappa shape index (κ2) is 5.77. The van der Waals surface area contributed by atoms with Crippen molar-refractivity contribution in [1.29, 1.82) is 0 Å². The fourth-order valence-corrected chi connectivity index (χ4v) is 2.34. The minimum Gasteiger partial charge on any atom is -0.496 e. The first-order valence-electron chi connectivity index (χ1n) is 5.62. The van der Waals surface area contributed by atoms with Gasteiger partial charge in [0.2, 0.25) is 5.91 Å². The molecule has 0 saturated heterocycles. The number of carbonyl (C=O) groups is 1. The monoisotopic (exact) mass is 278 g/mol. The van der Waals surface area contributed by atoms with Crippen LogP contribution < -0.4 is 15.8 Å². The molecule has 3 N–H and O–H groups in total. The van der Waals surface area contributed by atoms with Crippen molar-refractivity contribution in [3.63, 3.8) is 0 Å². The van der Waals surface area contributed by atoms with Crippen LogP contribution >= 0.6 is 11.3 Å². The van der Waals surface area contributed by atoms with Gasteiger partial charge in [0.05, 0.1) is 12.7 Å². The van der Waals surface area contributed by atoms with E-state index < -0.39 is 0 Å². The maximum atomic E-state index is 11.1. The van der Waals surface area contributed by atoms with Crippen LogP contribution in [0.15, 0.2) is 18.2 Å². The van der Waals surface area contributed by atoms with Gasteiger partial charge in [-0.2, -0.15) is 0 Å². The van der Waals surface area contributed by atoms with Crippen molar-refractivity contribution >= 4 is 22.9 Å². The molecular weight excluding hydrogens is 264 g/mol. The summed E-state index contributed by atoms with van der Waals surface area (Å²) in [5.41, 5.74) is 7.00. The third-order valence-corrected chi connectivity index (χ3v) is 3.37. The average molecular weight is 278 g/mol. The molecule has 0 radical (unpaired) electrons. The molecule has 1 aromatic carbocycles. The third kappa shape index (κ3) is 3.07. The molecule has 0 aliphatic carbocycles. The summed E-state index contributed by atoms with van der Waals surface area (Å²) in [6, 6.07) is 5.36. The van der Waals surface area contributed by atoms with Crippen LogP contribution in [0.2, 0.25) is 0 Å². The van der Waals surface area contributed by atoms with Gasteiger partial charge in [-0.15, -0.1) is 10.2 Å². The second-order valence-electron chi connectivity index (χ2n) is 3.80. The lowest BCUT2D eigenvalue weighted by atomic mass is 10.2. The van der Waals surface area contributed by atoms with Crippen LogP contribution in [0.3, 0.4) is 0 Å². The van der Waals surface area contributed by atoms with Gasteiger partial charge < -0.3 is 15.8 Å². The van der Waals surface area contributed by atoms with E-state index in [-0.39, 0.29) is 5.91 Å². The van der Waals surface area contributed by atoms with E-state index in [1.807, 2.05) is 0 Å². The number of aromatic nitrogens is 2. The zero-order valence-electron chi connectivity index (χ0n) is 10.6. The smallest absolute Gasteiger partial charge is 0.221 e. The normalized spacial score (nSPS) is 10.3. The van der Waals surface area contributed by atoms with Crippen molar-refractivity contribution in [2.75, 3.05) is 12.4 Å². The van der Waals surface area contributed by atoms with E-state index >= 15 is 0 Å². The van der Waals surface area contributed by atoms with Crippen molar-refractivity contribution in [3.05, 3.63) is 23.2 Å². The van der Waals surface area contributed by atoms with Crippen LogP contribution in [0.4, 0.5) is 5.69 Å². The zero-order chi connectivity index (χ0) is 13.8. The molecule has 0 bridgehead atoms. The summed E-state index contributed by atoms with van der Waals surface area (Å²) in [5, 5.41) is 12.2. The highest BCUT2D eigenvalue weighted by molar-refractivity contribution is 7.14. The predicted octanol–water partition coefficient (Wildman–Crippen LogP) is 1.63. The number of carbonyl (C=O) groups excluding carboxylic acids is 1. The topological polar surface area (TPSA) is 90.1 Å². The molecule has 0 aliphatic rings. The molecule has 1 heterocycles. The molecule has 0 fully saturated rings. The van der Waals surface area contributed by atoms with Gasteiger partial charge in [0, 0.05) is 19.2 Å². The molecule has 0 aliphatic heterocycles. The summed E-state index contributed by atoms with van der Waals surface area (Å²) < 4.78 is 5.30. The number of nitrogens with two attached hydrogens (primary N) is 1. The van der Waals surface area contributed by atoms with Gasteiger partial charge in [0.15, 0.2) is 5.01 Å². The molecule has 19 heavy (non-hydrogen) atoms. The first kappa shape index (κ1) is 13.4. The van der Waals surface area contributed by atoms with Crippen molar-refractivity contribution in [3.8, 4) is 16.3 Å². The number of rotatable bonds is 4. The predicted molar refractivity (Wildman–Crippen MR) is 74.1 cm³/mol. The Balaban J connectivity index is 2.43. The molecule has 6 nitrogen and oxygen atoms in total. The molecule has 2 rings (SSSR count). The molecule has 2 aromatic rings. The van der Waals surface area contributed by atoms with Crippen LogP contribution in [-0.4, -0.2) is 23.2 Å². The fraction of sp³-hybridized carbons (Fsp3) is 0.250. The highest BCUT2D eigenvalue weighted by Gasteiger charge is 2.12. The van der Waals surface area contributed by atoms with Crippen LogP contribution in [0, 0.1) is 0 Å². The average Bonchev–Trinajstić information content (AvgIpc) is 2.86. The Morgan fingerprint density at radius 2 is 2.26 bits per heavy atom. The third-order valence-electron chi connectivity index (χ3n) is 2.39. The van der Waals surface area contributed by atoms with Gasteiger partial charge in [-0.1, -0.05) is 11.3 Å². The molecule has 0 atom stereocenters. The number of anilines is 1. The van der Waals surface area contributed by atoms with E-state index in [1.54, 1.807) is 25.3 Å². The summed E-state index contributed by atoms with van der Waals surface area (Å²) in [4.78, 5) is 11.1. The lowest BCUT2D eigenvalue weighted by Crippen LogP contribution is -2.05. The number of methoxy groups -OCH3 is 1. The Morgan fingerprint density at radius 1 is 1.47 bits per heavy atom. The van der Waals surface area contributed by atoms with Gasteiger partial charge in [-0.25, -0.2) is 0 Å². The molecular formula is C12H14N4O2S. The van der Waals surface area contributed by atoms with E-state index in [4.69, 9.17) is 10.5 Å². The molecule has 0 unspecified atom stereocenters. The van der Waals surface area contributed by atoms with Gasteiger partial charge >= 0.3 is 0 Å². The standard InChI is InChI=1S/C12H14N4O2S/c1-7(17)14-8-3-4-10(18-2)9(5-8)12-16-15-11(6-13)19-12/h3-5H,6,13H2,1-2H3,(H,14,17). The first-order valence-corrected chi connectivity index (χ1v) is 6.44. The molecule has 100 valence electrons. The quantitative estimate of drug-likeness (QED) is 0.887. The highest BCUT2D eigenvalue weighted by atomic mass is 32.1. The lowest BCUT2D eigenvalue weighted by Gasteiger charge is -2.08. The van der Waals surface area contributed by atoms with E-state index in [0.717, 1.165) is 10.6 Å². The SMILES string of the molecule is COc1ccc(NC(C)=O)cc1-c1nnc(CN)s1. The maximum absolute atomic E-state index is 11.1. The number of amides is 1. The van der Waals surface area contributed by atoms with E-state index in [0.29, 0.717) is 23.0 Å². The largest absolute Gasteiger partial charge is 0.496 e. The number of ether oxygens (including phenoxy) is 1. The lowest BCUT2D eigenvalue weighted by molar-refractivity contribution is -0.114. The Hall–Kier alpha value is -1.99. The zero-order valence-corrected chi connectivity index (χ0v) is 11.5. The number of hydrogen-bond donors (Lipinski definition) is 2. The highest BCUT2D eigenvalue weighted by Crippen LogP contribution is 2.34. The minimum atomic E-state index is -0.129. The van der Waals surface area contributed by atoms with E-state index in [1.165, 1.54) is 18.3 Å². The minimum absolute atomic E-state index is 0.129. The Morgan fingerprint density at radius 3 is 2.84 bits per heavy atom. The summed E-state index contributed by atoms with van der Waals surface area (Å²) in [6.07, 6.45) is 0. The van der Waals surface area contributed by atoms with E-state index in [2.05, 4.69) is 15.5 Å². The Bertz CT molecular complexity index is 597. The summed E-state index contributed by atoms with van der Waals surface area (Å²) in [5.74, 6) is 0.546. The molecule has 7 heteroatoms. The number of nitrogens with zero attached hydrogens (tertiary/aromatic N) is 2.